The highest BCUT2D eigenvalue weighted by Crippen LogP contribution is 2.32. The van der Waals surface area contributed by atoms with E-state index in [0.29, 0.717) is 15.6 Å². The highest BCUT2D eigenvalue weighted by Gasteiger charge is 2.32. The van der Waals surface area contributed by atoms with Crippen LogP contribution in [0.15, 0.2) is 35.2 Å². The van der Waals surface area contributed by atoms with Crippen molar-refractivity contribution in [1.29, 1.82) is 0 Å². The molecule has 0 radical (unpaired) electrons. The van der Waals surface area contributed by atoms with Crippen molar-refractivity contribution in [3.05, 3.63) is 40.8 Å². The van der Waals surface area contributed by atoms with E-state index in [0.717, 1.165) is 18.4 Å². The molecule has 1 aliphatic heterocycles. The van der Waals surface area contributed by atoms with Crippen LogP contribution in [0.5, 0.6) is 0 Å². The largest absolute Gasteiger partial charge is 0.480 e. The first kappa shape index (κ1) is 21.1. The summed E-state index contributed by atoms with van der Waals surface area (Å²) in [6.07, 6.45) is 3.73. The number of carboxylic acid groups (broad SMARTS) is 1. The van der Waals surface area contributed by atoms with E-state index in [9.17, 15) is 19.5 Å². The van der Waals surface area contributed by atoms with Crippen molar-refractivity contribution in [1.82, 2.24) is 10.2 Å². The standard InChI is InChI=1S/C19H22N2O4S2/c1-2-3-9-14(18(24)25)20-16(22)10-11-21-17(23)15(27-19(21)26)12-13-7-5-4-6-8-13/h4-8,12,14H,2-3,9-11H2,1H3,(H,20,22)(H,24,25)/b15-12+/t14-/m1/s1. The number of unbranched alkanes of at least 4 members (excludes halogenated alkanes) is 1. The van der Waals surface area contributed by atoms with Crippen molar-refractivity contribution >= 4 is 52.2 Å². The van der Waals surface area contributed by atoms with Crippen molar-refractivity contribution < 1.29 is 19.5 Å². The molecule has 1 aromatic rings. The lowest BCUT2D eigenvalue weighted by Crippen LogP contribution is -2.42. The third kappa shape index (κ3) is 6.18. The Morgan fingerprint density at radius 2 is 2.04 bits per heavy atom. The Bertz CT molecular complexity index is 749. The van der Waals surface area contributed by atoms with E-state index in [-0.39, 0.29) is 18.9 Å². The third-order valence-electron chi connectivity index (χ3n) is 4.01. The number of carbonyl (C=O) groups is 3. The first-order valence-corrected chi connectivity index (χ1v) is 9.97. The Morgan fingerprint density at radius 1 is 1.33 bits per heavy atom. The molecular weight excluding hydrogens is 384 g/mol. The number of amides is 2. The summed E-state index contributed by atoms with van der Waals surface area (Å²) in [6, 6.07) is 8.54. The summed E-state index contributed by atoms with van der Waals surface area (Å²) >= 11 is 6.45. The van der Waals surface area contributed by atoms with Crippen LogP contribution in [-0.4, -0.2) is 44.7 Å². The maximum atomic E-state index is 12.5. The minimum Gasteiger partial charge on any atom is -0.480 e. The summed E-state index contributed by atoms with van der Waals surface area (Å²) in [5, 5.41) is 11.7. The van der Waals surface area contributed by atoms with Crippen molar-refractivity contribution in [3.63, 3.8) is 0 Å². The molecule has 0 unspecified atom stereocenters. The van der Waals surface area contributed by atoms with Gasteiger partial charge in [0.1, 0.15) is 10.4 Å². The van der Waals surface area contributed by atoms with Gasteiger partial charge in [-0.1, -0.05) is 74.1 Å². The van der Waals surface area contributed by atoms with Gasteiger partial charge in [0.2, 0.25) is 5.91 Å². The molecule has 0 saturated carbocycles. The predicted molar refractivity (Wildman–Crippen MR) is 110 cm³/mol. The van der Waals surface area contributed by atoms with Gasteiger partial charge in [-0.15, -0.1) is 0 Å². The Hall–Kier alpha value is -2.19. The fourth-order valence-electron chi connectivity index (χ4n) is 2.54. The summed E-state index contributed by atoms with van der Waals surface area (Å²) in [6.45, 7) is 2.08. The Labute approximate surface area is 168 Å². The van der Waals surface area contributed by atoms with E-state index in [4.69, 9.17) is 12.2 Å². The zero-order valence-corrected chi connectivity index (χ0v) is 16.6. The molecular formula is C19H22N2O4S2. The number of carboxylic acids is 1. The Morgan fingerprint density at radius 3 is 2.67 bits per heavy atom. The number of hydrogen-bond acceptors (Lipinski definition) is 5. The minimum atomic E-state index is -1.05. The Balaban J connectivity index is 1.92. The molecule has 2 amide bonds. The average molecular weight is 407 g/mol. The molecule has 0 aliphatic carbocycles. The lowest BCUT2D eigenvalue weighted by atomic mass is 10.1. The van der Waals surface area contributed by atoms with Crippen molar-refractivity contribution in [2.24, 2.45) is 0 Å². The van der Waals surface area contributed by atoms with Crippen molar-refractivity contribution in [2.75, 3.05) is 6.54 Å². The molecule has 1 aliphatic rings. The molecule has 1 atom stereocenters. The van der Waals surface area contributed by atoms with Gasteiger partial charge < -0.3 is 10.4 Å². The minimum absolute atomic E-state index is 0.000954. The van der Waals surface area contributed by atoms with Crippen LogP contribution < -0.4 is 5.32 Å². The second kappa shape index (κ2) is 10.2. The normalized spacial score (nSPS) is 16.6. The van der Waals surface area contributed by atoms with Gasteiger partial charge in [0.25, 0.3) is 5.91 Å². The van der Waals surface area contributed by atoms with E-state index in [1.165, 1.54) is 16.7 Å². The zero-order chi connectivity index (χ0) is 19.8. The number of hydrogen-bond donors (Lipinski definition) is 2. The summed E-state index contributed by atoms with van der Waals surface area (Å²) in [5.41, 5.74) is 0.899. The molecule has 6 nitrogen and oxygen atoms in total. The molecule has 0 spiro atoms. The fraction of sp³-hybridized carbons (Fsp3) is 0.368. The summed E-state index contributed by atoms with van der Waals surface area (Å²) in [7, 11) is 0. The monoisotopic (exact) mass is 406 g/mol. The third-order valence-corrected chi connectivity index (χ3v) is 5.39. The second-order valence-electron chi connectivity index (χ2n) is 6.09. The lowest BCUT2D eigenvalue weighted by molar-refractivity contribution is -0.142. The van der Waals surface area contributed by atoms with Gasteiger partial charge in [0.05, 0.1) is 4.91 Å². The molecule has 2 rings (SSSR count). The predicted octanol–water partition coefficient (Wildman–Crippen LogP) is 3.04. The van der Waals surface area contributed by atoms with Gasteiger partial charge in [-0.25, -0.2) is 4.79 Å². The zero-order valence-electron chi connectivity index (χ0n) is 15.0. The lowest BCUT2D eigenvalue weighted by Gasteiger charge is -2.17. The van der Waals surface area contributed by atoms with Crippen LogP contribution in [0.2, 0.25) is 0 Å². The highest BCUT2D eigenvalue weighted by molar-refractivity contribution is 8.26. The van der Waals surface area contributed by atoms with Gasteiger partial charge in [-0.05, 0) is 18.1 Å². The molecule has 27 heavy (non-hydrogen) atoms. The van der Waals surface area contributed by atoms with E-state index in [1.807, 2.05) is 37.3 Å². The fourth-order valence-corrected chi connectivity index (χ4v) is 3.85. The van der Waals surface area contributed by atoms with Crippen LogP contribution >= 0.6 is 24.0 Å². The number of benzene rings is 1. The smallest absolute Gasteiger partial charge is 0.326 e. The summed E-state index contributed by atoms with van der Waals surface area (Å²) in [4.78, 5) is 37.7. The number of thioether (sulfide) groups is 1. The maximum Gasteiger partial charge on any atom is 0.326 e. The van der Waals surface area contributed by atoms with Gasteiger partial charge in [0.15, 0.2) is 0 Å². The number of carbonyl (C=O) groups excluding carboxylic acids is 2. The molecule has 1 aromatic carbocycles. The molecule has 2 N–H and O–H groups in total. The topological polar surface area (TPSA) is 86.7 Å². The number of thiocarbonyl (C=S) groups is 1. The van der Waals surface area contributed by atoms with Crippen LogP contribution in [0.3, 0.4) is 0 Å². The van der Waals surface area contributed by atoms with E-state index >= 15 is 0 Å². The Kier molecular flexibility index (Phi) is 7.99. The summed E-state index contributed by atoms with van der Waals surface area (Å²) < 4.78 is 0.399. The highest BCUT2D eigenvalue weighted by atomic mass is 32.2. The molecule has 1 saturated heterocycles. The van der Waals surface area contributed by atoms with Crippen molar-refractivity contribution in [2.45, 2.75) is 38.6 Å². The van der Waals surface area contributed by atoms with E-state index in [2.05, 4.69) is 5.32 Å². The van der Waals surface area contributed by atoms with E-state index in [1.54, 1.807) is 6.08 Å². The van der Waals surface area contributed by atoms with Crippen LogP contribution in [0.4, 0.5) is 0 Å². The quantitative estimate of drug-likeness (QED) is 0.484. The first-order chi connectivity index (χ1) is 12.9. The van der Waals surface area contributed by atoms with E-state index < -0.39 is 17.9 Å². The number of aliphatic carboxylic acids is 1. The summed E-state index contributed by atoms with van der Waals surface area (Å²) in [5.74, 6) is -1.68. The van der Waals surface area contributed by atoms with Crippen LogP contribution in [0.25, 0.3) is 6.08 Å². The van der Waals surface area contributed by atoms with Gasteiger partial charge in [-0.3, -0.25) is 14.5 Å². The number of nitrogens with zero attached hydrogens (tertiary/aromatic N) is 1. The van der Waals surface area contributed by atoms with Crippen LogP contribution in [0, 0.1) is 0 Å². The number of rotatable bonds is 9. The molecule has 1 heterocycles. The molecule has 0 bridgehead atoms. The van der Waals surface area contributed by atoms with Gasteiger partial charge in [0, 0.05) is 13.0 Å². The van der Waals surface area contributed by atoms with Gasteiger partial charge >= 0.3 is 5.97 Å². The second-order valence-corrected chi connectivity index (χ2v) is 7.77. The molecule has 1 fully saturated rings. The van der Waals surface area contributed by atoms with Gasteiger partial charge in [-0.2, -0.15) is 0 Å². The average Bonchev–Trinajstić information content (AvgIpc) is 2.90. The van der Waals surface area contributed by atoms with Crippen LogP contribution in [-0.2, 0) is 14.4 Å². The maximum absolute atomic E-state index is 12.5. The molecule has 144 valence electrons. The van der Waals surface area contributed by atoms with Crippen molar-refractivity contribution in [3.8, 4) is 0 Å². The molecule has 8 heteroatoms. The molecule has 0 aromatic heterocycles. The first-order valence-electron chi connectivity index (χ1n) is 8.75. The number of nitrogens with one attached hydrogen (secondary N) is 1. The SMILES string of the molecule is CCCC[C@@H](NC(=O)CCN1C(=O)/C(=C\c2ccccc2)SC1=S)C(=O)O. The van der Waals surface area contributed by atoms with Crippen LogP contribution in [0.1, 0.15) is 38.2 Å².